The number of hydrogen-bond donors (Lipinski definition) is 1. The summed E-state index contributed by atoms with van der Waals surface area (Å²) in [4.78, 5) is 12.1. The molecule has 3 rings (SSSR count). The van der Waals surface area contributed by atoms with Crippen molar-refractivity contribution in [3.63, 3.8) is 0 Å². The number of ether oxygens (including phenoxy) is 2. The molecule has 0 aliphatic heterocycles. The van der Waals surface area contributed by atoms with Gasteiger partial charge in [-0.15, -0.1) is 0 Å². The van der Waals surface area contributed by atoms with Crippen LogP contribution in [0.3, 0.4) is 0 Å². The van der Waals surface area contributed by atoms with E-state index in [1.54, 1.807) is 31.4 Å². The molecule has 0 heterocycles. The van der Waals surface area contributed by atoms with Crippen molar-refractivity contribution in [2.45, 2.75) is 0 Å². The quantitative estimate of drug-likeness (QED) is 0.772. The van der Waals surface area contributed by atoms with E-state index in [9.17, 15) is 4.79 Å². The van der Waals surface area contributed by atoms with E-state index in [1.165, 1.54) is 0 Å². The Kier molecular flexibility index (Phi) is 4.82. The van der Waals surface area contributed by atoms with Crippen molar-refractivity contribution in [2.75, 3.05) is 19.0 Å². The van der Waals surface area contributed by atoms with Crippen molar-refractivity contribution in [1.82, 2.24) is 0 Å². The third-order valence-corrected chi connectivity index (χ3v) is 3.71. The summed E-state index contributed by atoms with van der Waals surface area (Å²) in [7, 11) is 1.62. The molecule has 5 nitrogen and oxygen atoms in total. The number of hydrogen-bond acceptors (Lipinski definition) is 4. The summed E-state index contributed by atoms with van der Waals surface area (Å²) in [6.07, 6.45) is 0. The van der Waals surface area contributed by atoms with Gasteiger partial charge in [-0.1, -0.05) is 24.3 Å². The zero-order chi connectivity index (χ0) is 17.6. The number of nitrogens with one attached hydrogen (secondary N) is 1. The molecule has 25 heavy (non-hydrogen) atoms. The Bertz CT molecular complexity index is 961. The molecule has 1 N–H and O–H groups in total. The van der Waals surface area contributed by atoms with Gasteiger partial charge in [-0.3, -0.25) is 4.79 Å². The Hall–Kier alpha value is -3.52. The predicted molar refractivity (Wildman–Crippen MR) is 95.8 cm³/mol. The summed E-state index contributed by atoms with van der Waals surface area (Å²) in [5.74, 6) is 1.02. The second-order valence-electron chi connectivity index (χ2n) is 5.37. The van der Waals surface area contributed by atoms with E-state index in [-0.39, 0.29) is 12.5 Å². The fourth-order valence-corrected chi connectivity index (χ4v) is 2.44. The summed E-state index contributed by atoms with van der Waals surface area (Å²) in [5.41, 5.74) is 0.885. The van der Waals surface area contributed by atoms with E-state index in [1.807, 2.05) is 42.5 Å². The zero-order valence-corrected chi connectivity index (χ0v) is 13.7. The number of carbonyl (C=O) groups is 1. The minimum absolute atomic E-state index is 0.144. The molecule has 0 unspecified atom stereocenters. The van der Waals surface area contributed by atoms with Gasteiger partial charge in [-0.05, 0) is 47.2 Å². The van der Waals surface area contributed by atoms with E-state index in [4.69, 9.17) is 14.7 Å². The molecule has 0 atom stereocenters. The highest BCUT2D eigenvalue weighted by atomic mass is 16.5. The maximum absolute atomic E-state index is 12.1. The van der Waals surface area contributed by atoms with Crippen LogP contribution >= 0.6 is 0 Å². The number of benzene rings is 3. The number of anilines is 1. The maximum atomic E-state index is 12.1. The summed E-state index contributed by atoms with van der Waals surface area (Å²) < 4.78 is 10.8. The first-order valence-corrected chi connectivity index (χ1v) is 7.69. The van der Waals surface area contributed by atoms with Crippen LogP contribution in [0.15, 0.2) is 60.7 Å². The van der Waals surface area contributed by atoms with Gasteiger partial charge in [0.25, 0.3) is 5.91 Å². The number of carbonyl (C=O) groups excluding carboxylic acids is 1. The van der Waals surface area contributed by atoms with Crippen molar-refractivity contribution >= 4 is 22.4 Å². The first kappa shape index (κ1) is 16.3. The minimum atomic E-state index is -0.326. The number of rotatable bonds is 5. The molecule has 0 bridgehead atoms. The summed E-state index contributed by atoms with van der Waals surface area (Å²) in [6, 6.07) is 20.2. The van der Waals surface area contributed by atoms with E-state index >= 15 is 0 Å². The SMILES string of the molecule is COc1ccc2ccc(OCC(=O)Nc3ccccc3C#N)cc2c1. The van der Waals surface area contributed by atoms with Crippen molar-refractivity contribution in [3.05, 3.63) is 66.2 Å². The molecule has 0 aromatic heterocycles. The van der Waals surface area contributed by atoms with Crippen LogP contribution in [-0.4, -0.2) is 19.6 Å². The molecule has 3 aromatic carbocycles. The third-order valence-electron chi connectivity index (χ3n) is 3.71. The van der Waals surface area contributed by atoms with Gasteiger partial charge in [0.05, 0.1) is 18.4 Å². The van der Waals surface area contributed by atoms with Crippen LogP contribution < -0.4 is 14.8 Å². The Morgan fingerprint density at radius 2 is 1.76 bits per heavy atom. The molecule has 3 aromatic rings. The highest BCUT2D eigenvalue weighted by molar-refractivity contribution is 5.93. The van der Waals surface area contributed by atoms with Crippen molar-refractivity contribution in [3.8, 4) is 17.6 Å². The lowest BCUT2D eigenvalue weighted by Gasteiger charge is -2.09. The molecule has 5 heteroatoms. The average molecular weight is 332 g/mol. The van der Waals surface area contributed by atoms with Crippen LogP contribution in [0.4, 0.5) is 5.69 Å². The number of fused-ring (bicyclic) bond motifs is 1. The van der Waals surface area contributed by atoms with E-state index in [0.717, 1.165) is 16.5 Å². The molecule has 0 aliphatic rings. The van der Waals surface area contributed by atoms with E-state index in [0.29, 0.717) is 17.0 Å². The molecule has 0 radical (unpaired) electrons. The van der Waals surface area contributed by atoms with Gasteiger partial charge < -0.3 is 14.8 Å². The number of para-hydroxylation sites is 1. The minimum Gasteiger partial charge on any atom is -0.497 e. The maximum Gasteiger partial charge on any atom is 0.262 e. The third kappa shape index (κ3) is 3.88. The second kappa shape index (κ2) is 7.37. The molecular weight excluding hydrogens is 316 g/mol. The van der Waals surface area contributed by atoms with Crippen molar-refractivity contribution < 1.29 is 14.3 Å². The molecule has 0 aliphatic carbocycles. The number of methoxy groups -OCH3 is 1. The van der Waals surface area contributed by atoms with E-state index < -0.39 is 0 Å². The normalized spacial score (nSPS) is 10.1. The molecule has 0 spiro atoms. The number of nitrogens with zero attached hydrogens (tertiary/aromatic N) is 1. The fraction of sp³-hybridized carbons (Fsp3) is 0.100. The average Bonchev–Trinajstić information content (AvgIpc) is 2.66. The molecule has 124 valence electrons. The van der Waals surface area contributed by atoms with Crippen molar-refractivity contribution in [1.29, 1.82) is 5.26 Å². The summed E-state index contributed by atoms with van der Waals surface area (Å²) in [5, 5.41) is 13.7. The van der Waals surface area contributed by atoms with Gasteiger partial charge in [0.15, 0.2) is 6.61 Å². The molecule has 0 saturated carbocycles. The van der Waals surface area contributed by atoms with Crippen LogP contribution in [0.25, 0.3) is 10.8 Å². The fourth-order valence-electron chi connectivity index (χ4n) is 2.44. The molecule has 0 fully saturated rings. The van der Waals surface area contributed by atoms with Gasteiger partial charge in [0.1, 0.15) is 17.6 Å². The first-order chi connectivity index (χ1) is 12.2. The van der Waals surface area contributed by atoms with Gasteiger partial charge in [-0.2, -0.15) is 5.26 Å². The number of nitriles is 1. The van der Waals surface area contributed by atoms with Gasteiger partial charge >= 0.3 is 0 Å². The number of amides is 1. The van der Waals surface area contributed by atoms with Crippen LogP contribution in [0.1, 0.15) is 5.56 Å². The van der Waals surface area contributed by atoms with Crippen LogP contribution in [0, 0.1) is 11.3 Å². The Labute approximate surface area is 145 Å². The second-order valence-corrected chi connectivity index (χ2v) is 5.37. The van der Waals surface area contributed by atoms with Crippen LogP contribution in [-0.2, 0) is 4.79 Å². The standard InChI is InChI=1S/C20H16N2O3/c1-24-17-8-6-14-7-9-18(11-16(14)10-17)25-13-20(23)22-19-5-3-2-4-15(19)12-21/h2-11H,13H2,1H3,(H,22,23). The Balaban J connectivity index is 1.67. The topological polar surface area (TPSA) is 71.3 Å². The lowest BCUT2D eigenvalue weighted by Crippen LogP contribution is -2.20. The lowest BCUT2D eigenvalue weighted by atomic mass is 10.1. The predicted octanol–water partition coefficient (Wildman–Crippen LogP) is 3.74. The highest BCUT2D eigenvalue weighted by Crippen LogP contribution is 2.25. The summed E-state index contributed by atoms with van der Waals surface area (Å²) >= 11 is 0. The van der Waals surface area contributed by atoms with Gasteiger partial charge in [-0.25, -0.2) is 0 Å². The van der Waals surface area contributed by atoms with Crippen molar-refractivity contribution in [2.24, 2.45) is 0 Å². The highest BCUT2D eigenvalue weighted by Gasteiger charge is 2.07. The Morgan fingerprint density at radius 3 is 2.52 bits per heavy atom. The zero-order valence-electron chi connectivity index (χ0n) is 13.7. The smallest absolute Gasteiger partial charge is 0.262 e. The summed E-state index contributed by atoms with van der Waals surface area (Å²) in [6.45, 7) is -0.144. The Morgan fingerprint density at radius 1 is 1.04 bits per heavy atom. The monoisotopic (exact) mass is 332 g/mol. The lowest BCUT2D eigenvalue weighted by molar-refractivity contribution is -0.118. The molecular formula is C20H16N2O3. The van der Waals surface area contributed by atoms with Crippen LogP contribution in [0.2, 0.25) is 0 Å². The first-order valence-electron chi connectivity index (χ1n) is 7.69. The van der Waals surface area contributed by atoms with Gasteiger partial charge in [0.2, 0.25) is 0 Å². The van der Waals surface area contributed by atoms with Crippen LogP contribution in [0.5, 0.6) is 11.5 Å². The molecule has 0 saturated heterocycles. The van der Waals surface area contributed by atoms with Gasteiger partial charge in [0, 0.05) is 0 Å². The molecule has 1 amide bonds. The van der Waals surface area contributed by atoms with E-state index in [2.05, 4.69) is 5.32 Å². The largest absolute Gasteiger partial charge is 0.497 e.